The zero-order valence-corrected chi connectivity index (χ0v) is 10.5. The van der Waals surface area contributed by atoms with Crippen molar-refractivity contribution in [3.05, 3.63) is 20.3 Å². The van der Waals surface area contributed by atoms with Gasteiger partial charge in [0.1, 0.15) is 0 Å². The van der Waals surface area contributed by atoms with Gasteiger partial charge in [0.05, 0.1) is 8.66 Å². The maximum atomic E-state index is 11.6. The van der Waals surface area contributed by atoms with Crippen molar-refractivity contribution in [1.82, 2.24) is 5.32 Å². The van der Waals surface area contributed by atoms with E-state index in [0.29, 0.717) is 6.54 Å². The van der Waals surface area contributed by atoms with Gasteiger partial charge in [-0.25, -0.2) is 0 Å². The van der Waals surface area contributed by atoms with Crippen LogP contribution in [0.15, 0.2) is 9.85 Å². The highest BCUT2D eigenvalue weighted by molar-refractivity contribution is 9.11. The van der Waals surface area contributed by atoms with Crippen molar-refractivity contribution < 1.29 is 4.79 Å². The molecule has 1 rings (SSSR count). The predicted molar refractivity (Wildman–Crippen MR) is 62.7 cm³/mol. The molecule has 1 aromatic rings. The molecule has 0 bridgehead atoms. The van der Waals surface area contributed by atoms with Gasteiger partial charge in [-0.1, -0.05) is 0 Å². The maximum absolute atomic E-state index is 11.6. The minimum atomic E-state index is -0.0539. The summed E-state index contributed by atoms with van der Waals surface area (Å²) < 4.78 is 1.00. The number of nitrogens with two attached hydrogens (primary N) is 1. The smallest absolute Gasteiger partial charge is 0.261 e. The lowest BCUT2D eigenvalue weighted by molar-refractivity contribution is 0.0945. The maximum Gasteiger partial charge on any atom is 0.261 e. The highest BCUT2D eigenvalue weighted by Gasteiger charge is 2.12. The van der Waals surface area contributed by atoms with Gasteiger partial charge in [-0.2, -0.15) is 0 Å². The minimum Gasteiger partial charge on any atom is -0.348 e. The van der Waals surface area contributed by atoms with E-state index in [2.05, 4.69) is 21.2 Å². The van der Waals surface area contributed by atoms with E-state index in [9.17, 15) is 4.79 Å². The highest BCUT2D eigenvalue weighted by atomic mass is 79.9. The Labute approximate surface area is 95.8 Å². The van der Waals surface area contributed by atoms with Gasteiger partial charge in [0.25, 0.3) is 5.91 Å². The van der Waals surface area contributed by atoms with Gasteiger partial charge < -0.3 is 11.1 Å². The van der Waals surface area contributed by atoms with E-state index >= 15 is 0 Å². The van der Waals surface area contributed by atoms with E-state index in [-0.39, 0.29) is 11.9 Å². The number of hydrogen-bond acceptors (Lipinski definition) is 3. The van der Waals surface area contributed by atoms with Crippen LogP contribution in [-0.2, 0) is 0 Å². The van der Waals surface area contributed by atoms with Crippen LogP contribution in [0.5, 0.6) is 0 Å². The number of halogens is 1. The van der Waals surface area contributed by atoms with Crippen LogP contribution in [0.2, 0.25) is 0 Å². The number of nitrogens with one attached hydrogen (secondary N) is 1. The van der Waals surface area contributed by atoms with Crippen LogP contribution in [0, 0.1) is 6.92 Å². The number of carbonyl (C=O) groups excluding carboxylic acids is 1. The third kappa shape index (κ3) is 2.80. The topological polar surface area (TPSA) is 55.1 Å². The van der Waals surface area contributed by atoms with Gasteiger partial charge in [-0.3, -0.25) is 4.79 Å². The molecule has 3 nitrogen and oxygen atoms in total. The van der Waals surface area contributed by atoms with Crippen molar-refractivity contribution in [3.8, 4) is 0 Å². The fourth-order valence-electron chi connectivity index (χ4n) is 0.926. The highest BCUT2D eigenvalue weighted by Crippen LogP contribution is 2.27. The largest absolute Gasteiger partial charge is 0.348 e. The number of carbonyl (C=O) groups is 1. The Balaban J connectivity index is 2.70. The molecule has 0 unspecified atom stereocenters. The Kier molecular flexibility index (Phi) is 4.10. The monoisotopic (exact) mass is 276 g/mol. The molecule has 0 radical (unpaired) electrons. The van der Waals surface area contributed by atoms with E-state index in [1.807, 2.05) is 19.9 Å². The van der Waals surface area contributed by atoms with Crippen molar-refractivity contribution >= 4 is 33.2 Å². The Morgan fingerprint density at radius 2 is 2.43 bits per heavy atom. The standard InChI is InChI=1S/C9H13BrN2OS/c1-5-3-7(14-8(5)10)9(13)12-6(2)4-11/h3,6H,4,11H2,1-2H3,(H,12,13)/t6-/m1/s1. The molecule has 1 atom stereocenters. The summed E-state index contributed by atoms with van der Waals surface area (Å²) >= 11 is 4.82. The molecule has 1 amide bonds. The van der Waals surface area contributed by atoms with Gasteiger partial charge in [0.15, 0.2) is 0 Å². The SMILES string of the molecule is Cc1cc(C(=O)N[C@H](C)CN)sc1Br. The lowest BCUT2D eigenvalue weighted by Crippen LogP contribution is -2.37. The Hall–Kier alpha value is -0.390. The van der Waals surface area contributed by atoms with E-state index in [0.717, 1.165) is 14.2 Å². The molecule has 0 saturated carbocycles. The summed E-state index contributed by atoms with van der Waals surface area (Å²) in [5.74, 6) is -0.0539. The molecule has 3 N–H and O–H groups in total. The van der Waals surface area contributed by atoms with Crippen molar-refractivity contribution in [1.29, 1.82) is 0 Å². The zero-order chi connectivity index (χ0) is 10.7. The molecular formula is C9H13BrN2OS. The number of amides is 1. The fraction of sp³-hybridized carbons (Fsp3) is 0.444. The van der Waals surface area contributed by atoms with Crippen molar-refractivity contribution in [3.63, 3.8) is 0 Å². The van der Waals surface area contributed by atoms with E-state index in [1.165, 1.54) is 11.3 Å². The van der Waals surface area contributed by atoms with Gasteiger partial charge in [0, 0.05) is 12.6 Å². The second-order valence-corrected chi connectivity index (χ2v) is 5.55. The molecule has 14 heavy (non-hydrogen) atoms. The first-order valence-corrected chi connectivity index (χ1v) is 5.92. The third-order valence-electron chi connectivity index (χ3n) is 1.81. The molecule has 0 aliphatic heterocycles. The Bertz CT molecular complexity index is 318. The van der Waals surface area contributed by atoms with Crippen LogP contribution in [0.1, 0.15) is 22.2 Å². The van der Waals surface area contributed by atoms with Crippen LogP contribution >= 0.6 is 27.3 Å². The Morgan fingerprint density at radius 3 is 2.86 bits per heavy atom. The van der Waals surface area contributed by atoms with Crippen LogP contribution in [0.3, 0.4) is 0 Å². The predicted octanol–water partition coefficient (Wildman–Crippen LogP) is 1.90. The normalized spacial score (nSPS) is 12.6. The second kappa shape index (κ2) is 4.91. The average Bonchev–Trinajstić information content (AvgIpc) is 2.47. The lowest BCUT2D eigenvalue weighted by atomic mass is 10.3. The van der Waals surface area contributed by atoms with Crippen molar-refractivity contribution in [2.45, 2.75) is 19.9 Å². The fourth-order valence-corrected chi connectivity index (χ4v) is 2.36. The van der Waals surface area contributed by atoms with Crippen LogP contribution in [0.4, 0.5) is 0 Å². The van der Waals surface area contributed by atoms with Crippen molar-refractivity contribution in [2.24, 2.45) is 5.73 Å². The molecule has 78 valence electrons. The molecule has 0 fully saturated rings. The number of thiophene rings is 1. The van der Waals surface area contributed by atoms with Crippen LogP contribution < -0.4 is 11.1 Å². The van der Waals surface area contributed by atoms with Gasteiger partial charge in [-0.05, 0) is 41.4 Å². The van der Waals surface area contributed by atoms with Crippen LogP contribution in [-0.4, -0.2) is 18.5 Å². The first-order chi connectivity index (χ1) is 6.54. The third-order valence-corrected chi connectivity index (χ3v) is 3.95. The first kappa shape index (κ1) is 11.7. The molecule has 0 aliphatic carbocycles. The molecule has 5 heteroatoms. The Morgan fingerprint density at radius 1 is 1.79 bits per heavy atom. The summed E-state index contributed by atoms with van der Waals surface area (Å²) in [6.07, 6.45) is 0. The van der Waals surface area contributed by atoms with E-state index in [1.54, 1.807) is 0 Å². The molecule has 0 aromatic carbocycles. The van der Waals surface area contributed by atoms with E-state index < -0.39 is 0 Å². The zero-order valence-electron chi connectivity index (χ0n) is 8.13. The van der Waals surface area contributed by atoms with Gasteiger partial charge in [0.2, 0.25) is 0 Å². The second-order valence-electron chi connectivity index (χ2n) is 3.18. The number of rotatable bonds is 3. The minimum absolute atomic E-state index is 0.0173. The molecule has 1 heterocycles. The quantitative estimate of drug-likeness (QED) is 0.886. The van der Waals surface area contributed by atoms with Gasteiger partial charge >= 0.3 is 0 Å². The average molecular weight is 277 g/mol. The summed E-state index contributed by atoms with van der Waals surface area (Å²) in [6.45, 7) is 4.30. The molecular weight excluding hydrogens is 264 g/mol. The summed E-state index contributed by atoms with van der Waals surface area (Å²) in [6, 6.07) is 1.89. The van der Waals surface area contributed by atoms with Crippen LogP contribution in [0.25, 0.3) is 0 Å². The number of aryl methyl sites for hydroxylation is 1. The number of hydrogen-bond donors (Lipinski definition) is 2. The summed E-state index contributed by atoms with van der Waals surface area (Å²) in [7, 11) is 0. The lowest BCUT2D eigenvalue weighted by Gasteiger charge is -2.09. The molecule has 0 aliphatic rings. The molecule has 0 saturated heterocycles. The summed E-state index contributed by atoms with van der Waals surface area (Å²) in [4.78, 5) is 12.3. The van der Waals surface area contributed by atoms with Gasteiger partial charge in [-0.15, -0.1) is 11.3 Å². The van der Waals surface area contributed by atoms with Crippen molar-refractivity contribution in [2.75, 3.05) is 6.54 Å². The summed E-state index contributed by atoms with van der Waals surface area (Å²) in [5.41, 5.74) is 6.50. The summed E-state index contributed by atoms with van der Waals surface area (Å²) in [5, 5.41) is 2.81. The molecule has 1 aromatic heterocycles. The first-order valence-electron chi connectivity index (χ1n) is 4.31. The van der Waals surface area contributed by atoms with E-state index in [4.69, 9.17) is 5.73 Å². The molecule has 0 spiro atoms.